The van der Waals surface area contributed by atoms with Crippen LogP contribution in [0.5, 0.6) is 0 Å². The summed E-state index contributed by atoms with van der Waals surface area (Å²) in [4.78, 5) is 6.75. The van der Waals surface area contributed by atoms with Gasteiger partial charge in [-0.05, 0) is 72.2 Å². The van der Waals surface area contributed by atoms with Gasteiger partial charge in [-0.3, -0.25) is 4.84 Å². The van der Waals surface area contributed by atoms with Crippen LogP contribution < -0.4 is 5.19 Å². The van der Waals surface area contributed by atoms with Crippen molar-refractivity contribution in [3.8, 4) is 0 Å². The topological polar surface area (TPSA) is 21.7 Å². The van der Waals surface area contributed by atoms with Gasteiger partial charge in [0.25, 0.3) is 0 Å². The summed E-state index contributed by atoms with van der Waals surface area (Å²) >= 11 is 0. The first-order chi connectivity index (χ1) is 13.5. The molecule has 4 heteroatoms. The van der Waals surface area contributed by atoms with Gasteiger partial charge in [-0.2, -0.15) is 5.06 Å². The summed E-state index contributed by atoms with van der Waals surface area (Å²) in [6.45, 7) is 15.7. The lowest BCUT2D eigenvalue weighted by Gasteiger charge is -2.52. The minimum Gasteiger partial charge on any atom is -0.384 e. The molecular weight excluding hydrogens is 374 g/mol. The van der Waals surface area contributed by atoms with Crippen molar-refractivity contribution in [2.75, 3.05) is 0 Å². The number of hydrogen-bond acceptors (Lipinski definition) is 3. The summed E-state index contributed by atoms with van der Waals surface area (Å²) in [5.41, 5.74) is 2.24. The van der Waals surface area contributed by atoms with Crippen molar-refractivity contribution in [1.29, 1.82) is 0 Å². The highest BCUT2D eigenvalue weighted by atomic mass is 28.4. The van der Waals surface area contributed by atoms with Crippen LogP contribution >= 0.6 is 0 Å². The molecule has 1 saturated heterocycles. The van der Waals surface area contributed by atoms with Gasteiger partial charge in [-0.1, -0.05) is 60.2 Å². The minimum atomic E-state index is -2.17. The van der Waals surface area contributed by atoms with Crippen molar-refractivity contribution in [3.63, 3.8) is 0 Å². The third-order valence-corrected chi connectivity index (χ3v) is 8.63. The van der Waals surface area contributed by atoms with E-state index in [1.165, 1.54) is 17.2 Å². The summed E-state index contributed by atoms with van der Waals surface area (Å²) in [6, 6.07) is 19.1. The van der Waals surface area contributed by atoms with E-state index in [1.54, 1.807) is 0 Å². The van der Waals surface area contributed by atoms with Gasteiger partial charge in [0.05, 0.1) is 0 Å². The highest BCUT2D eigenvalue weighted by Crippen LogP contribution is 2.41. The predicted molar refractivity (Wildman–Crippen MR) is 123 cm³/mol. The number of benzene rings is 2. The Labute approximate surface area is 178 Å². The van der Waals surface area contributed by atoms with Crippen molar-refractivity contribution in [2.24, 2.45) is 0 Å². The molecule has 3 rings (SSSR count). The number of nitrogens with zero attached hydrogens (tertiary/aromatic N) is 1. The van der Waals surface area contributed by atoms with Crippen LogP contribution in [0, 0.1) is 6.92 Å². The van der Waals surface area contributed by atoms with Crippen molar-refractivity contribution in [1.82, 2.24) is 5.06 Å². The number of rotatable bonds is 6. The van der Waals surface area contributed by atoms with E-state index in [0.29, 0.717) is 0 Å². The molecule has 1 aliphatic heterocycles. The smallest absolute Gasteiger partial charge is 0.222 e. The largest absolute Gasteiger partial charge is 0.384 e. The summed E-state index contributed by atoms with van der Waals surface area (Å²) in [5.74, 6) is 0. The van der Waals surface area contributed by atoms with Crippen LogP contribution in [0.4, 0.5) is 0 Å². The van der Waals surface area contributed by atoms with E-state index >= 15 is 0 Å². The SMILES string of the molecule is Cc1ccc(C(ON2C(C)(C)CCCC2(C)C)O[Si](C)(C)c2ccccc2)cc1. The second-order valence-corrected chi connectivity index (χ2v) is 13.9. The maximum Gasteiger partial charge on any atom is 0.222 e. The van der Waals surface area contributed by atoms with Gasteiger partial charge in [0.1, 0.15) is 0 Å². The lowest BCUT2D eigenvalue weighted by atomic mass is 9.82. The molecule has 0 aliphatic carbocycles. The molecule has 0 saturated carbocycles. The zero-order chi connectivity index (χ0) is 21.3. The van der Waals surface area contributed by atoms with Gasteiger partial charge in [0.2, 0.25) is 8.32 Å². The first-order valence-corrected chi connectivity index (χ1v) is 13.7. The Kier molecular flexibility index (Phi) is 6.40. The Balaban J connectivity index is 1.94. The molecule has 0 aromatic heterocycles. The van der Waals surface area contributed by atoms with Gasteiger partial charge in [-0.25, -0.2) is 0 Å². The van der Waals surface area contributed by atoms with Crippen LogP contribution in [0.1, 0.15) is 64.4 Å². The van der Waals surface area contributed by atoms with E-state index in [1.807, 2.05) is 0 Å². The van der Waals surface area contributed by atoms with Crippen molar-refractivity contribution >= 4 is 13.5 Å². The Hall–Kier alpha value is -1.46. The molecule has 0 bridgehead atoms. The molecule has 0 radical (unpaired) electrons. The Morgan fingerprint density at radius 1 is 0.862 bits per heavy atom. The average molecular weight is 412 g/mol. The van der Waals surface area contributed by atoms with E-state index < -0.39 is 14.6 Å². The van der Waals surface area contributed by atoms with Gasteiger partial charge >= 0.3 is 0 Å². The Bertz CT molecular complexity index is 783. The zero-order valence-electron chi connectivity index (χ0n) is 19.2. The molecule has 1 unspecified atom stereocenters. The van der Waals surface area contributed by atoms with Crippen molar-refractivity contribution < 1.29 is 9.26 Å². The van der Waals surface area contributed by atoms with Gasteiger partial charge in [-0.15, -0.1) is 0 Å². The predicted octanol–water partition coefficient (Wildman–Crippen LogP) is 6.10. The fourth-order valence-electron chi connectivity index (χ4n) is 4.41. The van der Waals surface area contributed by atoms with E-state index in [0.717, 1.165) is 18.4 Å². The van der Waals surface area contributed by atoms with E-state index in [-0.39, 0.29) is 11.1 Å². The van der Waals surface area contributed by atoms with E-state index in [9.17, 15) is 0 Å². The molecule has 1 atom stereocenters. The highest BCUT2D eigenvalue weighted by Gasteiger charge is 2.44. The normalized spacial score (nSPS) is 20.4. The lowest BCUT2D eigenvalue weighted by Crippen LogP contribution is -2.59. The second kappa shape index (κ2) is 8.35. The number of aryl methyl sites for hydroxylation is 1. The van der Waals surface area contributed by atoms with E-state index in [4.69, 9.17) is 9.26 Å². The molecule has 2 aromatic rings. The Morgan fingerprint density at radius 3 is 1.97 bits per heavy atom. The van der Waals surface area contributed by atoms with Crippen molar-refractivity contribution in [3.05, 3.63) is 65.7 Å². The molecule has 0 spiro atoms. The molecule has 2 aromatic carbocycles. The Morgan fingerprint density at radius 2 is 1.41 bits per heavy atom. The summed E-state index contributed by atoms with van der Waals surface area (Å²) in [5, 5.41) is 3.49. The van der Waals surface area contributed by atoms with Crippen LogP contribution in [0.25, 0.3) is 0 Å². The van der Waals surface area contributed by atoms with Gasteiger partial charge in [0, 0.05) is 16.6 Å². The fourth-order valence-corrected chi connectivity index (χ4v) is 6.25. The molecular formula is C25H37NO2Si. The summed E-state index contributed by atoms with van der Waals surface area (Å²) < 4.78 is 6.81. The molecule has 1 heterocycles. The minimum absolute atomic E-state index is 0.0352. The average Bonchev–Trinajstić information content (AvgIpc) is 2.65. The third kappa shape index (κ3) is 5.18. The summed E-state index contributed by atoms with van der Waals surface area (Å²) in [7, 11) is -2.17. The fraction of sp³-hybridized carbons (Fsp3) is 0.520. The molecule has 0 amide bonds. The number of hydroxylamine groups is 2. The standard InChI is InChI=1S/C25H37NO2Si/c1-20-14-16-21(17-15-20)23(28-29(6,7)22-12-9-8-10-13-22)27-26-24(2,3)18-11-19-25(26,4)5/h8-10,12-17,23H,11,18-19H2,1-7H3. The number of hydrogen-bond donors (Lipinski definition) is 0. The quantitative estimate of drug-likeness (QED) is 0.423. The third-order valence-electron chi connectivity index (χ3n) is 6.10. The maximum atomic E-state index is 6.81. The van der Waals surface area contributed by atoms with Gasteiger partial charge in [0.15, 0.2) is 6.29 Å². The zero-order valence-corrected chi connectivity index (χ0v) is 20.2. The molecule has 0 N–H and O–H groups in total. The van der Waals surface area contributed by atoms with Crippen LogP contribution in [0.3, 0.4) is 0 Å². The first-order valence-electron chi connectivity index (χ1n) is 10.8. The van der Waals surface area contributed by atoms with Crippen molar-refractivity contribution in [2.45, 2.75) is 84.3 Å². The van der Waals surface area contributed by atoms with Crippen LogP contribution in [0.15, 0.2) is 54.6 Å². The number of piperidine rings is 1. The van der Waals surface area contributed by atoms with E-state index in [2.05, 4.69) is 107 Å². The highest BCUT2D eigenvalue weighted by molar-refractivity contribution is 6.84. The molecule has 158 valence electrons. The lowest BCUT2D eigenvalue weighted by molar-refractivity contribution is -0.343. The van der Waals surface area contributed by atoms with Crippen LogP contribution in [-0.4, -0.2) is 24.5 Å². The van der Waals surface area contributed by atoms with Gasteiger partial charge < -0.3 is 4.43 Å². The maximum absolute atomic E-state index is 6.81. The molecule has 29 heavy (non-hydrogen) atoms. The van der Waals surface area contributed by atoms with Crippen LogP contribution in [-0.2, 0) is 9.26 Å². The molecule has 1 fully saturated rings. The monoisotopic (exact) mass is 411 g/mol. The molecule has 1 aliphatic rings. The second-order valence-electron chi connectivity index (χ2n) is 10.1. The van der Waals surface area contributed by atoms with Crippen LogP contribution in [0.2, 0.25) is 13.1 Å². The first kappa shape index (κ1) is 22.2. The summed E-state index contributed by atoms with van der Waals surface area (Å²) in [6.07, 6.45) is 3.04. The molecule has 3 nitrogen and oxygen atoms in total.